The molecule has 0 heterocycles. The lowest BCUT2D eigenvalue weighted by Gasteiger charge is -2.18. The minimum atomic E-state index is -4.88. The number of ether oxygens (including phenoxy) is 1. The van der Waals surface area contributed by atoms with Crippen LogP contribution >= 0.6 is 0 Å². The van der Waals surface area contributed by atoms with Gasteiger partial charge < -0.3 is 15.2 Å². The number of nitrogens with one attached hydrogen (secondary N) is 2. The molecule has 3 N–H and O–H groups in total. The number of carbonyl (C=O) groups excluding carboxylic acids is 1. The van der Waals surface area contributed by atoms with Crippen LogP contribution in [0.5, 0.6) is 5.75 Å². The van der Waals surface area contributed by atoms with Gasteiger partial charge in [0.15, 0.2) is 0 Å². The Balaban J connectivity index is 2.26. The van der Waals surface area contributed by atoms with Crippen molar-refractivity contribution in [1.82, 2.24) is 10.0 Å². The fourth-order valence-electron chi connectivity index (χ4n) is 2.49. The highest BCUT2D eigenvalue weighted by molar-refractivity contribution is 7.89. The number of hydrogen-bond acceptors (Lipinski definition) is 5. The van der Waals surface area contributed by atoms with Gasteiger partial charge in [-0.25, -0.2) is 13.1 Å². The minimum absolute atomic E-state index is 0.0428. The van der Waals surface area contributed by atoms with Crippen LogP contribution in [0.4, 0.5) is 13.2 Å². The summed E-state index contributed by atoms with van der Waals surface area (Å²) in [5.74, 6) is -2.52. The van der Waals surface area contributed by atoms with Crippen LogP contribution in [-0.4, -0.2) is 38.8 Å². The van der Waals surface area contributed by atoms with Crippen molar-refractivity contribution in [1.29, 1.82) is 0 Å². The third-order valence-corrected chi connectivity index (χ3v) is 5.29. The lowest BCUT2D eigenvalue weighted by atomic mass is 10.0. The van der Waals surface area contributed by atoms with Crippen LogP contribution in [-0.2, 0) is 14.8 Å². The maximum Gasteiger partial charge on any atom is 0.573 e. The molecular weight excluding hydrogens is 429 g/mol. The Hall–Kier alpha value is -3.12. The number of aliphatic carboxylic acids is 1. The van der Waals surface area contributed by atoms with Crippen molar-refractivity contribution in [2.24, 2.45) is 0 Å². The number of carbonyl (C=O) groups is 2. The topological polar surface area (TPSA) is 122 Å². The molecule has 30 heavy (non-hydrogen) atoms. The van der Waals surface area contributed by atoms with Gasteiger partial charge in [-0.15, -0.1) is 13.2 Å². The summed E-state index contributed by atoms with van der Waals surface area (Å²) in [4.78, 5) is 23.5. The molecule has 162 valence electrons. The molecule has 0 aliphatic carbocycles. The van der Waals surface area contributed by atoms with Crippen LogP contribution in [0, 0.1) is 0 Å². The van der Waals surface area contributed by atoms with E-state index in [4.69, 9.17) is 5.11 Å². The molecule has 12 heteroatoms. The van der Waals surface area contributed by atoms with Crippen LogP contribution in [0.15, 0.2) is 53.4 Å². The summed E-state index contributed by atoms with van der Waals surface area (Å²) in [6.45, 7) is 0. The highest BCUT2D eigenvalue weighted by atomic mass is 32.2. The maximum atomic E-state index is 12.5. The van der Waals surface area contributed by atoms with Crippen LogP contribution in [0.1, 0.15) is 28.4 Å². The van der Waals surface area contributed by atoms with Crippen molar-refractivity contribution in [3.63, 3.8) is 0 Å². The van der Waals surface area contributed by atoms with E-state index in [9.17, 15) is 31.2 Å². The van der Waals surface area contributed by atoms with Gasteiger partial charge in [0.2, 0.25) is 10.0 Å². The summed E-state index contributed by atoms with van der Waals surface area (Å²) >= 11 is 0. The number of benzene rings is 2. The summed E-state index contributed by atoms with van der Waals surface area (Å²) in [5.41, 5.74) is 0.179. The lowest BCUT2D eigenvalue weighted by Crippen LogP contribution is -2.30. The number of halogens is 3. The molecule has 8 nitrogen and oxygen atoms in total. The molecule has 2 rings (SSSR count). The zero-order valence-corrected chi connectivity index (χ0v) is 16.3. The molecule has 0 fully saturated rings. The van der Waals surface area contributed by atoms with Crippen molar-refractivity contribution in [2.45, 2.75) is 23.7 Å². The number of hydrogen-bond donors (Lipinski definition) is 3. The summed E-state index contributed by atoms with van der Waals surface area (Å²) in [6.07, 6.45) is -5.44. The maximum absolute atomic E-state index is 12.5. The smallest absolute Gasteiger partial charge is 0.481 e. The molecule has 0 aliphatic rings. The minimum Gasteiger partial charge on any atom is -0.481 e. The molecule has 0 saturated carbocycles. The van der Waals surface area contributed by atoms with Gasteiger partial charge in [-0.3, -0.25) is 9.59 Å². The number of carboxylic acids is 1. The molecule has 0 spiro atoms. The van der Waals surface area contributed by atoms with Gasteiger partial charge in [0.1, 0.15) is 5.75 Å². The number of sulfonamides is 1. The molecule has 0 aliphatic heterocycles. The summed E-state index contributed by atoms with van der Waals surface area (Å²) in [6, 6.07) is 8.34. The first kappa shape index (κ1) is 23.2. The second-order valence-electron chi connectivity index (χ2n) is 5.98. The zero-order chi connectivity index (χ0) is 22.5. The molecule has 0 bridgehead atoms. The number of carboxylic acid groups (broad SMARTS) is 1. The fraction of sp³-hybridized carbons (Fsp3) is 0.222. The third kappa shape index (κ3) is 6.46. The van der Waals surface area contributed by atoms with E-state index in [1.165, 1.54) is 37.4 Å². The quantitative estimate of drug-likeness (QED) is 0.573. The molecule has 0 aromatic heterocycles. The predicted octanol–water partition coefficient (Wildman–Crippen LogP) is 2.44. The Kier molecular flexibility index (Phi) is 7.05. The van der Waals surface area contributed by atoms with Gasteiger partial charge in [0.05, 0.1) is 17.4 Å². The van der Waals surface area contributed by atoms with E-state index in [2.05, 4.69) is 14.8 Å². The fourth-order valence-corrected chi connectivity index (χ4v) is 3.27. The van der Waals surface area contributed by atoms with Crippen molar-refractivity contribution in [2.75, 3.05) is 7.05 Å². The first-order valence-electron chi connectivity index (χ1n) is 8.33. The number of rotatable bonds is 8. The predicted molar refractivity (Wildman–Crippen MR) is 98.3 cm³/mol. The van der Waals surface area contributed by atoms with Gasteiger partial charge in [0, 0.05) is 5.56 Å². The molecule has 1 amide bonds. The first-order chi connectivity index (χ1) is 13.9. The Bertz CT molecular complexity index is 1020. The highest BCUT2D eigenvalue weighted by Gasteiger charge is 2.31. The largest absolute Gasteiger partial charge is 0.573 e. The van der Waals surface area contributed by atoms with E-state index in [1.807, 2.05) is 0 Å². The normalized spacial score (nSPS) is 12.8. The molecule has 1 atom stereocenters. The zero-order valence-electron chi connectivity index (χ0n) is 15.4. The molecule has 0 saturated heterocycles. The summed E-state index contributed by atoms with van der Waals surface area (Å²) in [7, 11) is -2.60. The average molecular weight is 446 g/mol. The molecule has 0 radical (unpaired) electrons. The van der Waals surface area contributed by atoms with Gasteiger partial charge >= 0.3 is 12.3 Å². The van der Waals surface area contributed by atoms with Crippen LogP contribution in [0.3, 0.4) is 0 Å². The monoisotopic (exact) mass is 446 g/mol. The van der Waals surface area contributed by atoms with E-state index >= 15 is 0 Å². The molecule has 2 aromatic carbocycles. The van der Waals surface area contributed by atoms with E-state index in [1.54, 1.807) is 0 Å². The van der Waals surface area contributed by atoms with Gasteiger partial charge in [-0.05, 0) is 42.9 Å². The van der Waals surface area contributed by atoms with E-state index in [-0.39, 0.29) is 16.0 Å². The first-order valence-corrected chi connectivity index (χ1v) is 9.81. The molecule has 0 unspecified atom stereocenters. The van der Waals surface area contributed by atoms with E-state index in [0.717, 1.165) is 18.2 Å². The Morgan fingerprint density at radius 1 is 1.13 bits per heavy atom. The second kappa shape index (κ2) is 9.13. The summed E-state index contributed by atoms with van der Waals surface area (Å²) < 4.78 is 66.4. The standard InChI is InChI=1S/C18H17F3N2O6S/c1-22-30(27,28)14-4-2-3-12(9-14)17(26)23-15(10-16(24)25)11-5-7-13(8-6-11)29-18(19,20)21/h2-9,15,22H,10H2,1H3,(H,23,26)(H,24,25)/t15-/m1/s1. The Labute approximate surface area is 169 Å². The Morgan fingerprint density at radius 2 is 1.77 bits per heavy atom. The van der Waals surface area contributed by atoms with Crippen molar-refractivity contribution < 1.29 is 41.0 Å². The number of alkyl halides is 3. The van der Waals surface area contributed by atoms with Crippen LogP contribution in [0.25, 0.3) is 0 Å². The van der Waals surface area contributed by atoms with Crippen molar-refractivity contribution in [3.05, 3.63) is 59.7 Å². The van der Waals surface area contributed by atoms with Gasteiger partial charge in [0.25, 0.3) is 5.91 Å². The summed E-state index contributed by atoms with van der Waals surface area (Å²) in [5, 5.41) is 11.6. The molecule has 2 aromatic rings. The Morgan fingerprint density at radius 3 is 2.30 bits per heavy atom. The van der Waals surface area contributed by atoms with E-state index < -0.39 is 46.5 Å². The SMILES string of the molecule is CNS(=O)(=O)c1cccc(C(=O)N[C@H](CC(=O)O)c2ccc(OC(F)(F)F)cc2)c1. The van der Waals surface area contributed by atoms with E-state index in [0.29, 0.717) is 0 Å². The number of amides is 1. The lowest BCUT2D eigenvalue weighted by molar-refractivity contribution is -0.274. The van der Waals surface area contributed by atoms with Crippen molar-refractivity contribution >= 4 is 21.9 Å². The van der Waals surface area contributed by atoms with Crippen molar-refractivity contribution in [3.8, 4) is 5.75 Å². The second-order valence-corrected chi connectivity index (χ2v) is 7.86. The van der Waals surface area contributed by atoms with Gasteiger partial charge in [-0.1, -0.05) is 18.2 Å². The van der Waals surface area contributed by atoms with Crippen LogP contribution in [0.2, 0.25) is 0 Å². The average Bonchev–Trinajstić information content (AvgIpc) is 2.66. The van der Waals surface area contributed by atoms with Crippen LogP contribution < -0.4 is 14.8 Å². The molecular formula is C18H17F3N2O6S. The van der Waals surface area contributed by atoms with Gasteiger partial charge in [-0.2, -0.15) is 0 Å². The highest BCUT2D eigenvalue weighted by Crippen LogP contribution is 2.26. The third-order valence-electron chi connectivity index (χ3n) is 3.88.